The maximum Gasteiger partial charge on any atom is 0.226 e. The Morgan fingerprint density at radius 1 is 1.24 bits per heavy atom. The molecule has 2 fully saturated rings. The first-order valence-electron chi connectivity index (χ1n) is 12.0. The van der Waals surface area contributed by atoms with Crippen molar-refractivity contribution in [2.75, 3.05) is 25.0 Å². The highest BCUT2D eigenvalue weighted by atomic mass is 32.1. The van der Waals surface area contributed by atoms with Crippen molar-refractivity contribution in [2.45, 2.75) is 51.2 Å². The summed E-state index contributed by atoms with van der Waals surface area (Å²) in [5.74, 6) is 1.71. The molecule has 1 aliphatic carbocycles. The molecule has 0 unspecified atom stereocenters. The number of pyridine rings is 1. The zero-order chi connectivity index (χ0) is 22.4. The minimum absolute atomic E-state index is 0.0750. The van der Waals surface area contributed by atoms with Crippen molar-refractivity contribution in [3.05, 3.63) is 28.9 Å². The number of anilines is 1. The Morgan fingerprint density at radius 2 is 2.09 bits per heavy atom. The third-order valence-corrected chi connectivity index (χ3v) is 9.51. The third-order valence-electron chi connectivity index (χ3n) is 7.31. The van der Waals surface area contributed by atoms with Gasteiger partial charge in [-0.05, 0) is 62.7 Å². The molecule has 2 aliphatic heterocycles. The largest absolute Gasteiger partial charge is 0.317 e. The molecule has 6 rings (SSSR count). The highest BCUT2D eigenvalue weighted by Gasteiger charge is 2.36. The lowest BCUT2D eigenvalue weighted by Gasteiger charge is -2.20. The van der Waals surface area contributed by atoms with Gasteiger partial charge in [-0.2, -0.15) is 0 Å². The Kier molecular flexibility index (Phi) is 5.92. The van der Waals surface area contributed by atoms with E-state index in [0.29, 0.717) is 18.5 Å². The Morgan fingerprint density at radius 3 is 2.91 bits per heavy atom. The van der Waals surface area contributed by atoms with Gasteiger partial charge in [0.05, 0.1) is 10.9 Å². The number of nitrogens with one attached hydrogen (secondary N) is 4. The molecule has 5 heterocycles. The summed E-state index contributed by atoms with van der Waals surface area (Å²) in [6.45, 7) is 6.10. The first-order chi connectivity index (χ1) is 16.1. The number of thiazole rings is 1. The fraction of sp³-hybridized carbons (Fsp3) is 0.542. The predicted octanol–water partition coefficient (Wildman–Crippen LogP) is 3.37. The van der Waals surface area contributed by atoms with Gasteiger partial charge in [-0.1, -0.05) is 0 Å². The molecule has 0 aromatic carbocycles. The molecule has 0 bridgehead atoms. The van der Waals surface area contributed by atoms with Crippen molar-refractivity contribution in [3.63, 3.8) is 0 Å². The maximum atomic E-state index is 12.9. The number of hydrogen-bond acceptors (Lipinski definition) is 8. The van der Waals surface area contributed by atoms with Crippen LogP contribution in [0.1, 0.15) is 36.6 Å². The van der Waals surface area contributed by atoms with E-state index in [4.69, 9.17) is 4.98 Å². The van der Waals surface area contributed by atoms with Gasteiger partial charge < -0.3 is 21.3 Å². The molecule has 33 heavy (non-hydrogen) atoms. The van der Waals surface area contributed by atoms with Crippen molar-refractivity contribution < 1.29 is 4.79 Å². The average Bonchev–Trinajstić information content (AvgIpc) is 3.54. The Balaban J connectivity index is 1.17. The van der Waals surface area contributed by atoms with Gasteiger partial charge in [0.25, 0.3) is 0 Å². The fourth-order valence-electron chi connectivity index (χ4n) is 5.63. The third kappa shape index (κ3) is 4.33. The monoisotopic (exact) mass is 482 g/mol. The minimum atomic E-state index is 0.0750. The summed E-state index contributed by atoms with van der Waals surface area (Å²) in [4.78, 5) is 23.3. The number of carbonyl (C=O) groups is 1. The lowest BCUT2D eigenvalue weighted by molar-refractivity contribution is -0.116. The topological polar surface area (TPSA) is 91.0 Å². The van der Waals surface area contributed by atoms with Gasteiger partial charge in [0.2, 0.25) is 5.91 Å². The van der Waals surface area contributed by atoms with E-state index in [9.17, 15) is 4.79 Å². The van der Waals surface area contributed by atoms with E-state index in [2.05, 4.69) is 33.2 Å². The number of rotatable bonds is 6. The average molecular weight is 483 g/mol. The van der Waals surface area contributed by atoms with Gasteiger partial charge in [0, 0.05) is 48.2 Å². The standard InChI is InChI=1S/C24H30N6OS2/c1-13-6-17-20(12-28-13)33-24(22(17)23-29-18-11-25-4-2-19(18)32-23)30-21(31)3-5-27-16-7-14-9-26-10-15(14)8-16/h2,4,11,13-16,26-28H,3,5-10,12H2,1H3,(H,30,31)/t13-,14-,15+,16-/m0/s1. The van der Waals surface area contributed by atoms with E-state index >= 15 is 0 Å². The highest BCUT2D eigenvalue weighted by Crippen LogP contribution is 2.45. The molecule has 3 aromatic heterocycles. The molecule has 0 spiro atoms. The number of fused-ring (bicyclic) bond motifs is 3. The van der Waals surface area contributed by atoms with Gasteiger partial charge in [-0.25, -0.2) is 4.98 Å². The lowest BCUT2D eigenvalue weighted by atomic mass is 9.99. The summed E-state index contributed by atoms with van der Waals surface area (Å²) in [7, 11) is 0. The molecule has 1 saturated heterocycles. The van der Waals surface area contributed by atoms with E-state index in [-0.39, 0.29) is 5.91 Å². The van der Waals surface area contributed by atoms with Crippen LogP contribution in [-0.4, -0.2) is 47.6 Å². The molecule has 1 saturated carbocycles. The summed E-state index contributed by atoms with van der Waals surface area (Å²) >= 11 is 3.38. The lowest BCUT2D eigenvalue weighted by Crippen LogP contribution is -2.32. The number of hydrogen-bond donors (Lipinski definition) is 4. The number of nitrogens with zero attached hydrogens (tertiary/aromatic N) is 2. The van der Waals surface area contributed by atoms with Crippen molar-refractivity contribution in [2.24, 2.45) is 11.8 Å². The van der Waals surface area contributed by atoms with E-state index in [0.717, 1.165) is 70.2 Å². The van der Waals surface area contributed by atoms with Crippen LogP contribution in [0.3, 0.4) is 0 Å². The molecule has 1 amide bonds. The Bertz CT molecular complexity index is 1130. The van der Waals surface area contributed by atoms with Crippen LogP contribution in [0.5, 0.6) is 0 Å². The fourth-order valence-corrected chi connectivity index (χ4v) is 7.90. The predicted molar refractivity (Wildman–Crippen MR) is 135 cm³/mol. The number of aromatic nitrogens is 2. The van der Waals surface area contributed by atoms with Crippen LogP contribution in [0, 0.1) is 11.8 Å². The first-order valence-corrected chi connectivity index (χ1v) is 13.6. The van der Waals surface area contributed by atoms with E-state index in [1.165, 1.54) is 23.3 Å². The maximum absolute atomic E-state index is 12.9. The van der Waals surface area contributed by atoms with Gasteiger partial charge in [0.15, 0.2) is 0 Å². The number of thiophene rings is 1. The van der Waals surface area contributed by atoms with Crippen LogP contribution in [0.2, 0.25) is 0 Å². The van der Waals surface area contributed by atoms with Crippen LogP contribution >= 0.6 is 22.7 Å². The second kappa shape index (κ2) is 9.03. The van der Waals surface area contributed by atoms with Crippen molar-refractivity contribution in [3.8, 4) is 10.6 Å². The van der Waals surface area contributed by atoms with E-state index in [1.807, 2.05) is 18.5 Å². The van der Waals surface area contributed by atoms with Crippen LogP contribution < -0.4 is 21.3 Å². The summed E-state index contributed by atoms with van der Waals surface area (Å²) < 4.78 is 1.12. The van der Waals surface area contributed by atoms with Crippen LogP contribution in [-0.2, 0) is 17.8 Å². The molecule has 7 nitrogen and oxygen atoms in total. The second-order valence-electron chi connectivity index (χ2n) is 9.66. The van der Waals surface area contributed by atoms with Gasteiger partial charge in [-0.3, -0.25) is 9.78 Å². The highest BCUT2D eigenvalue weighted by molar-refractivity contribution is 7.22. The summed E-state index contributed by atoms with van der Waals surface area (Å²) in [6.07, 6.45) is 7.53. The second-order valence-corrected chi connectivity index (χ2v) is 11.8. The van der Waals surface area contributed by atoms with Crippen LogP contribution in [0.4, 0.5) is 5.00 Å². The van der Waals surface area contributed by atoms with Crippen molar-refractivity contribution in [1.29, 1.82) is 0 Å². The van der Waals surface area contributed by atoms with E-state index < -0.39 is 0 Å². The molecule has 9 heteroatoms. The van der Waals surface area contributed by atoms with Crippen LogP contribution in [0.25, 0.3) is 20.8 Å². The zero-order valence-corrected chi connectivity index (χ0v) is 20.5. The minimum Gasteiger partial charge on any atom is -0.317 e. The Hall–Kier alpha value is -1.91. The molecular weight excluding hydrogens is 452 g/mol. The quantitative estimate of drug-likeness (QED) is 0.431. The Labute approximate surface area is 201 Å². The molecule has 4 atom stereocenters. The molecule has 3 aliphatic rings. The van der Waals surface area contributed by atoms with Crippen molar-refractivity contribution in [1.82, 2.24) is 25.9 Å². The molecule has 3 aromatic rings. The smallest absolute Gasteiger partial charge is 0.226 e. The molecule has 174 valence electrons. The van der Waals surface area contributed by atoms with Crippen molar-refractivity contribution >= 4 is 43.8 Å². The first kappa shape index (κ1) is 21.6. The van der Waals surface area contributed by atoms with E-state index in [1.54, 1.807) is 22.7 Å². The van der Waals surface area contributed by atoms with Crippen LogP contribution in [0.15, 0.2) is 18.5 Å². The van der Waals surface area contributed by atoms with Gasteiger partial charge in [0.1, 0.15) is 15.5 Å². The molecule has 0 radical (unpaired) electrons. The number of carbonyl (C=O) groups excluding carboxylic acids is 1. The molecular formula is C24H30N6OS2. The zero-order valence-electron chi connectivity index (χ0n) is 18.8. The van der Waals surface area contributed by atoms with Gasteiger partial charge in [-0.15, -0.1) is 22.7 Å². The summed E-state index contributed by atoms with van der Waals surface area (Å²) in [5, 5.41) is 15.8. The SMILES string of the molecule is C[C@H]1Cc2c(sc(NC(=O)CCN[C@H]3C[C@H]4CNC[C@H]4C3)c2-c2nc3cnccc3s2)CN1. The summed E-state index contributed by atoms with van der Waals surface area (Å²) in [5.41, 5.74) is 3.36. The summed E-state index contributed by atoms with van der Waals surface area (Å²) in [6, 6.07) is 2.98. The normalized spacial score (nSPS) is 26.5. The van der Waals surface area contributed by atoms with Gasteiger partial charge >= 0.3 is 0 Å². The molecule has 4 N–H and O–H groups in total. The number of amides is 1.